The van der Waals surface area contributed by atoms with Crippen LogP contribution < -0.4 is 5.56 Å². The Labute approximate surface area is 126 Å². The maximum Gasteiger partial charge on any atom is 0.251 e. The molecule has 0 bridgehead atoms. The van der Waals surface area contributed by atoms with E-state index in [1.807, 2.05) is 19.2 Å². The number of aromatic nitrogens is 2. The quantitative estimate of drug-likeness (QED) is 0.803. The molecule has 0 radical (unpaired) electrons. The second-order valence-corrected chi connectivity index (χ2v) is 6.52. The highest BCUT2D eigenvalue weighted by Crippen LogP contribution is 2.31. The zero-order valence-electron chi connectivity index (χ0n) is 13.2. The first-order chi connectivity index (χ1) is 9.93. The fourth-order valence-corrected chi connectivity index (χ4v) is 3.23. The Balaban J connectivity index is 2.07. The maximum atomic E-state index is 12.0. The normalized spacial score (nSPS) is 19.6. The van der Waals surface area contributed by atoms with Crippen LogP contribution >= 0.6 is 0 Å². The second-order valence-electron chi connectivity index (χ2n) is 6.52. The van der Waals surface area contributed by atoms with Crippen molar-refractivity contribution in [2.75, 3.05) is 6.54 Å². The number of aryl methyl sites for hydroxylation is 1. The predicted molar refractivity (Wildman–Crippen MR) is 91.3 cm³/mol. The Kier molecular flexibility index (Phi) is 3.44. The monoisotopic (exact) mass is 281 g/mol. The third kappa shape index (κ3) is 2.31. The standard InChI is InChI=1S/C15H21B2N3O/c1-3-10-6-12-13(19-14(10)21)7-11(8-18-12)15(16,17)20-5-4-9(20)2/h6-9H,3-5,16-17H2,1-2H3,(H,19,21)/t9-/m1/s1. The summed E-state index contributed by atoms with van der Waals surface area (Å²) in [5.74, 6) is 0. The summed E-state index contributed by atoms with van der Waals surface area (Å²) in [5.41, 5.74) is 3.64. The SMILES string of the molecule is BC(B)(c1cnc2cc(CC)c(=O)[nH]c2c1)N1CC[C@H]1C. The van der Waals surface area contributed by atoms with Crippen molar-refractivity contribution in [3.8, 4) is 0 Å². The van der Waals surface area contributed by atoms with Gasteiger partial charge in [-0.15, -0.1) is 0 Å². The van der Waals surface area contributed by atoms with Crippen molar-refractivity contribution in [1.29, 1.82) is 0 Å². The average Bonchev–Trinajstić information content (AvgIpc) is 2.43. The molecule has 1 fully saturated rings. The molecule has 2 aromatic heterocycles. The van der Waals surface area contributed by atoms with E-state index in [2.05, 4.69) is 43.6 Å². The van der Waals surface area contributed by atoms with Gasteiger partial charge in [0.15, 0.2) is 0 Å². The molecule has 1 aliphatic rings. The summed E-state index contributed by atoms with van der Waals surface area (Å²) in [4.78, 5) is 22.0. The highest BCUT2D eigenvalue weighted by molar-refractivity contribution is 6.39. The first-order valence-electron chi connectivity index (χ1n) is 7.72. The van der Waals surface area contributed by atoms with E-state index in [0.29, 0.717) is 6.04 Å². The lowest BCUT2D eigenvalue weighted by Gasteiger charge is -2.50. The Bertz CT molecular complexity index is 741. The van der Waals surface area contributed by atoms with Crippen molar-refractivity contribution < 1.29 is 0 Å². The van der Waals surface area contributed by atoms with Crippen LogP contribution in [0.5, 0.6) is 0 Å². The molecule has 0 unspecified atom stereocenters. The number of hydrogen-bond donors (Lipinski definition) is 1. The minimum absolute atomic E-state index is 0.000857. The molecule has 0 spiro atoms. The van der Waals surface area contributed by atoms with Gasteiger partial charge in [0.2, 0.25) is 0 Å². The van der Waals surface area contributed by atoms with Gasteiger partial charge < -0.3 is 9.88 Å². The van der Waals surface area contributed by atoms with Crippen molar-refractivity contribution in [2.45, 2.75) is 38.1 Å². The maximum absolute atomic E-state index is 12.0. The molecule has 1 saturated heterocycles. The molecular formula is C15H21B2N3O. The molecule has 2 aromatic rings. The van der Waals surface area contributed by atoms with E-state index in [1.165, 1.54) is 6.42 Å². The minimum Gasteiger partial charge on any atom is -0.320 e. The van der Waals surface area contributed by atoms with Crippen molar-refractivity contribution >= 4 is 26.7 Å². The van der Waals surface area contributed by atoms with Crippen LogP contribution in [0.25, 0.3) is 11.0 Å². The summed E-state index contributed by atoms with van der Waals surface area (Å²) >= 11 is 0. The smallest absolute Gasteiger partial charge is 0.251 e. The molecule has 21 heavy (non-hydrogen) atoms. The molecule has 3 rings (SSSR count). The molecule has 0 aromatic carbocycles. The summed E-state index contributed by atoms with van der Waals surface area (Å²) in [6.07, 6.45) is 3.93. The van der Waals surface area contributed by atoms with Crippen molar-refractivity contribution in [2.24, 2.45) is 0 Å². The van der Waals surface area contributed by atoms with Gasteiger partial charge in [0, 0.05) is 17.8 Å². The molecular weight excluding hydrogens is 260 g/mol. The zero-order chi connectivity index (χ0) is 15.2. The van der Waals surface area contributed by atoms with E-state index in [0.717, 1.165) is 35.1 Å². The number of rotatable bonds is 3. The van der Waals surface area contributed by atoms with Crippen LogP contribution in [0.1, 0.15) is 31.4 Å². The first kappa shape index (κ1) is 14.4. The molecule has 1 aliphatic heterocycles. The Hall–Kier alpha value is -1.55. The molecule has 3 heterocycles. The van der Waals surface area contributed by atoms with Crippen molar-refractivity contribution in [3.05, 3.63) is 39.8 Å². The van der Waals surface area contributed by atoms with Gasteiger partial charge in [-0.3, -0.25) is 9.78 Å². The highest BCUT2D eigenvalue weighted by atomic mass is 16.1. The number of fused-ring (bicyclic) bond motifs is 1. The Morgan fingerprint density at radius 3 is 2.81 bits per heavy atom. The molecule has 1 N–H and O–H groups in total. The molecule has 4 nitrogen and oxygen atoms in total. The number of pyridine rings is 2. The average molecular weight is 281 g/mol. The lowest BCUT2D eigenvalue weighted by molar-refractivity contribution is 0.0669. The van der Waals surface area contributed by atoms with E-state index in [1.54, 1.807) is 0 Å². The first-order valence-corrected chi connectivity index (χ1v) is 7.72. The van der Waals surface area contributed by atoms with Gasteiger partial charge in [0.1, 0.15) is 15.7 Å². The number of hydrogen-bond acceptors (Lipinski definition) is 3. The van der Waals surface area contributed by atoms with E-state index >= 15 is 0 Å². The Morgan fingerprint density at radius 2 is 2.24 bits per heavy atom. The summed E-state index contributed by atoms with van der Waals surface area (Å²) in [6, 6.07) is 4.59. The lowest BCUT2D eigenvalue weighted by atomic mass is 9.55. The lowest BCUT2D eigenvalue weighted by Crippen LogP contribution is -2.59. The molecule has 1 atom stereocenters. The van der Waals surface area contributed by atoms with Gasteiger partial charge in [-0.05, 0) is 49.3 Å². The van der Waals surface area contributed by atoms with E-state index < -0.39 is 0 Å². The van der Waals surface area contributed by atoms with E-state index in [9.17, 15) is 4.79 Å². The summed E-state index contributed by atoms with van der Waals surface area (Å²) < 4.78 is 0. The third-order valence-electron chi connectivity index (χ3n) is 4.89. The molecule has 0 amide bonds. The van der Waals surface area contributed by atoms with Gasteiger partial charge in [-0.25, -0.2) is 0 Å². The molecule has 0 saturated carbocycles. The van der Waals surface area contributed by atoms with Gasteiger partial charge >= 0.3 is 0 Å². The number of aromatic amines is 1. The topological polar surface area (TPSA) is 49.0 Å². The Morgan fingerprint density at radius 1 is 1.48 bits per heavy atom. The summed E-state index contributed by atoms with van der Waals surface area (Å²) in [7, 11) is 4.45. The van der Waals surface area contributed by atoms with E-state index in [-0.39, 0.29) is 10.9 Å². The van der Waals surface area contributed by atoms with Crippen LogP contribution in [-0.4, -0.2) is 43.1 Å². The van der Waals surface area contributed by atoms with Crippen LogP contribution in [0.15, 0.2) is 23.1 Å². The second kappa shape index (κ2) is 5.02. The minimum atomic E-state index is -0.0564. The molecule has 108 valence electrons. The van der Waals surface area contributed by atoms with Gasteiger partial charge in [-0.1, -0.05) is 6.92 Å². The van der Waals surface area contributed by atoms with Gasteiger partial charge in [0.05, 0.1) is 11.0 Å². The summed E-state index contributed by atoms with van der Waals surface area (Å²) in [5, 5.41) is -0.0564. The van der Waals surface area contributed by atoms with Crippen LogP contribution in [0.3, 0.4) is 0 Å². The highest BCUT2D eigenvalue weighted by Gasteiger charge is 2.37. The van der Waals surface area contributed by atoms with Gasteiger partial charge in [0.25, 0.3) is 5.56 Å². The summed E-state index contributed by atoms with van der Waals surface area (Å²) in [6.45, 7) is 5.37. The number of likely N-dealkylation sites (tertiary alicyclic amines) is 1. The third-order valence-corrected chi connectivity index (χ3v) is 4.89. The predicted octanol–water partition coefficient (Wildman–Crippen LogP) is -0.0438. The van der Waals surface area contributed by atoms with Crippen LogP contribution in [-0.2, 0) is 11.8 Å². The number of H-pyrrole nitrogens is 1. The van der Waals surface area contributed by atoms with Crippen molar-refractivity contribution in [1.82, 2.24) is 14.9 Å². The number of nitrogens with one attached hydrogen (secondary N) is 1. The largest absolute Gasteiger partial charge is 0.320 e. The molecule has 6 heteroatoms. The fourth-order valence-electron chi connectivity index (χ4n) is 3.23. The van der Waals surface area contributed by atoms with Crippen molar-refractivity contribution in [3.63, 3.8) is 0 Å². The van der Waals surface area contributed by atoms with E-state index in [4.69, 9.17) is 0 Å². The molecule has 0 aliphatic carbocycles. The zero-order valence-corrected chi connectivity index (χ0v) is 13.2. The van der Waals surface area contributed by atoms with Crippen LogP contribution in [0.4, 0.5) is 0 Å². The fraction of sp³-hybridized carbons (Fsp3) is 0.467. The van der Waals surface area contributed by atoms with Crippen LogP contribution in [0, 0.1) is 0 Å². The van der Waals surface area contributed by atoms with Gasteiger partial charge in [-0.2, -0.15) is 0 Å². The number of nitrogens with zero attached hydrogens (tertiary/aromatic N) is 2. The van der Waals surface area contributed by atoms with Crippen LogP contribution in [0.2, 0.25) is 0 Å².